The summed E-state index contributed by atoms with van der Waals surface area (Å²) in [5.74, 6) is -0.238. The molecule has 0 aromatic heterocycles. The van der Waals surface area contributed by atoms with Gasteiger partial charge in [-0.25, -0.2) is 0 Å². The summed E-state index contributed by atoms with van der Waals surface area (Å²) in [6.45, 7) is 1.48. The molecule has 4 nitrogen and oxygen atoms in total. The summed E-state index contributed by atoms with van der Waals surface area (Å²) in [7, 11) is 0. The number of ether oxygens (including phenoxy) is 1. The summed E-state index contributed by atoms with van der Waals surface area (Å²) < 4.78 is 45.2. The molecule has 37 heavy (non-hydrogen) atoms. The standard InChI is InChI=1S/C30H31F3N2O2/c31-30(32,33)26-9-3-4-11-28(26)37-19-20-12-14-22(15-13-20)23-16-17-34-18-25(23)29(36)35-27-10-5-7-21-6-1-2-8-24(21)27/h1-4,6,8-9,11-15,23,25,27,34H,5,7,10,16-19H2,(H,35,36). The van der Waals surface area contributed by atoms with E-state index in [2.05, 4.69) is 22.8 Å². The summed E-state index contributed by atoms with van der Waals surface area (Å²) in [6.07, 6.45) is -0.572. The number of nitrogens with one attached hydrogen (secondary N) is 2. The summed E-state index contributed by atoms with van der Waals surface area (Å²) in [5, 5.41) is 6.69. The number of piperidine rings is 1. The fraction of sp³-hybridized carbons (Fsp3) is 0.367. The first-order chi connectivity index (χ1) is 17.9. The Bertz CT molecular complexity index is 1230. The molecule has 1 aliphatic heterocycles. The van der Waals surface area contributed by atoms with Gasteiger partial charge >= 0.3 is 6.18 Å². The number of amides is 1. The van der Waals surface area contributed by atoms with Gasteiger partial charge in [0, 0.05) is 6.54 Å². The summed E-state index contributed by atoms with van der Waals surface area (Å²) in [6, 6.07) is 21.3. The van der Waals surface area contributed by atoms with Gasteiger partial charge in [0.1, 0.15) is 12.4 Å². The van der Waals surface area contributed by atoms with E-state index in [4.69, 9.17) is 4.74 Å². The second kappa shape index (κ2) is 11.0. The minimum Gasteiger partial charge on any atom is -0.488 e. The number of aryl methyl sites for hydroxylation is 1. The van der Waals surface area contributed by atoms with Gasteiger partial charge in [-0.2, -0.15) is 13.2 Å². The highest BCUT2D eigenvalue weighted by atomic mass is 19.4. The van der Waals surface area contributed by atoms with E-state index in [0.29, 0.717) is 6.54 Å². The Morgan fingerprint density at radius 1 is 0.973 bits per heavy atom. The zero-order valence-electron chi connectivity index (χ0n) is 20.6. The molecule has 1 aliphatic carbocycles. The number of hydrogen-bond acceptors (Lipinski definition) is 3. The highest BCUT2D eigenvalue weighted by molar-refractivity contribution is 5.80. The van der Waals surface area contributed by atoms with Crippen LogP contribution in [0.4, 0.5) is 13.2 Å². The van der Waals surface area contributed by atoms with Crippen molar-refractivity contribution in [2.24, 2.45) is 5.92 Å². The molecule has 3 unspecified atom stereocenters. The van der Waals surface area contributed by atoms with Crippen molar-refractivity contribution in [2.75, 3.05) is 13.1 Å². The van der Waals surface area contributed by atoms with Gasteiger partial charge in [-0.05, 0) is 72.5 Å². The Balaban J connectivity index is 1.25. The van der Waals surface area contributed by atoms with E-state index >= 15 is 0 Å². The van der Waals surface area contributed by atoms with E-state index in [1.54, 1.807) is 0 Å². The molecule has 0 spiro atoms. The van der Waals surface area contributed by atoms with Crippen molar-refractivity contribution in [1.29, 1.82) is 0 Å². The second-order valence-corrected chi connectivity index (χ2v) is 9.88. The maximum Gasteiger partial charge on any atom is 0.419 e. The fourth-order valence-corrected chi connectivity index (χ4v) is 5.56. The van der Waals surface area contributed by atoms with Gasteiger partial charge in [-0.3, -0.25) is 4.79 Å². The van der Waals surface area contributed by atoms with Crippen molar-refractivity contribution >= 4 is 5.91 Å². The maximum atomic E-state index is 13.4. The molecule has 2 aliphatic rings. The van der Waals surface area contributed by atoms with Crippen LogP contribution in [0.1, 0.15) is 59.0 Å². The van der Waals surface area contributed by atoms with Crippen LogP contribution in [0.15, 0.2) is 72.8 Å². The predicted molar refractivity (Wildman–Crippen MR) is 136 cm³/mol. The zero-order chi connectivity index (χ0) is 25.8. The summed E-state index contributed by atoms with van der Waals surface area (Å²) in [4.78, 5) is 13.4. The van der Waals surface area contributed by atoms with Crippen molar-refractivity contribution < 1.29 is 22.7 Å². The molecule has 2 N–H and O–H groups in total. The lowest BCUT2D eigenvalue weighted by Crippen LogP contribution is -2.46. The van der Waals surface area contributed by atoms with Gasteiger partial charge < -0.3 is 15.4 Å². The molecule has 3 aromatic rings. The topological polar surface area (TPSA) is 50.4 Å². The molecular weight excluding hydrogens is 477 g/mol. The molecule has 3 aromatic carbocycles. The minimum absolute atomic E-state index is 0.0323. The van der Waals surface area contributed by atoms with Crippen LogP contribution >= 0.6 is 0 Å². The molecule has 1 saturated heterocycles. The van der Waals surface area contributed by atoms with Gasteiger partial charge in [0.2, 0.25) is 5.91 Å². The fourth-order valence-electron chi connectivity index (χ4n) is 5.56. The van der Waals surface area contributed by atoms with Gasteiger partial charge in [0.05, 0.1) is 17.5 Å². The number of hydrogen-bond donors (Lipinski definition) is 2. The zero-order valence-corrected chi connectivity index (χ0v) is 20.6. The van der Waals surface area contributed by atoms with Crippen molar-refractivity contribution in [3.63, 3.8) is 0 Å². The Morgan fingerprint density at radius 2 is 1.73 bits per heavy atom. The molecule has 1 amide bonds. The normalized spacial score (nSPS) is 21.6. The Hall–Kier alpha value is -3.32. The second-order valence-electron chi connectivity index (χ2n) is 9.88. The van der Waals surface area contributed by atoms with Crippen molar-refractivity contribution in [3.05, 3.63) is 101 Å². The smallest absolute Gasteiger partial charge is 0.419 e. The number of rotatable bonds is 6. The lowest BCUT2D eigenvalue weighted by Gasteiger charge is -2.34. The molecule has 7 heteroatoms. The third-order valence-electron chi connectivity index (χ3n) is 7.50. The van der Waals surface area contributed by atoms with Gasteiger partial charge in [0.25, 0.3) is 0 Å². The quantitative estimate of drug-likeness (QED) is 0.419. The number of carbonyl (C=O) groups is 1. The van der Waals surface area contributed by atoms with Crippen LogP contribution in [-0.2, 0) is 24.0 Å². The minimum atomic E-state index is -4.47. The highest BCUT2D eigenvalue weighted by Gasteiger charge is 2.35. The third-order valence-corrected chi connectivity index (χ3v) is 7.50. The molecule has 1 fully saturated rings. The molecule has 194 valence electrons. The summed E-state index contributed by atoms with van der Waals surface area (Å²) >= 11 is 0. The van der Waals surface area contributed by atoms with Crippen LogP contribution in [0.25, 0.3) is 0 Å². The van der Waals surface area contributed by atoms with E-state index in [-0.39, 0.29) is 36.1 Å². The highest BCUT2D eigenvalue weighted by Crippen LogP contribution is 2.37. The van der Waals surface area contributed by atoms with Crippen LogP contribution in [0, 0.1) is 5.92 Å². The van der Waals surface area contributed by atoms with E-state index in [1.807, 2.05) is 36.4 Å². The monoisotopic (exact) mass is 508 g/mol. The molecule has 0 radical (unpaired) electrons. The van der Waals surface area contributed by atoms with Crippen LogP contribution in [0.5, 0.6) is 5.75 Å². The number of halogens is 3. The van der Waals surface area contributed by atoms with Crippen molar-refractivity contribution in [3.8, 4) is 5.75 Å². The first kappa shape index (κ1) is 25.3. The molecular formula is C30H31F3N2O2. The molecule has 5 rings (SSSR count). The lowest BCUT2D eigenvalue weighted by atomic mass is 9.79. The molecule has 0 bridgehead atoms. The van der Waals surface area contributed by atoms with E-state index in [0.717, 1.165) is 49.4 Å². The van der Waals surface area contributed by atoms with Crippen LogP contribution in [-0.4, -0.2) is 19.0 Å². The average Bonchev–Trinajstić information content (AvgIpc) is 2.92. The van der Waals surface area contributed by atoms with Crippen LogP contribution < -0.4 is 15.4 Å². The van der Waals surface area contributed by atoms with Crippen LogP contribution in [0.2, 0.25) is 0 Å². The van der Waals surface area contributed by atoms with Crippen molar-refractivity contribution in [2.45, 2.75) is 50.4 Å². The van der Waals surface area contributed by atoms with E-state index in [9.17, 15) is 18.0 Å². The number of fused-ring (bicyclic) bond motifs is 1. The van der Waals surface area contributed by atoms with Gasteiger partial charge in [-0.1, -0.05) is 60.7 Å². The molecule has 0 saturated carbocycles. The molecule has 1 heterocycles. The Morgan fingerprint density at radius 3 is 2.54 bits per heavy atom. The predicted octanol–water partition coefficient (Wildman–Crippen LogP) is 6.17. The van der Waals surface area contributed by atoms with Gasteiger partial charge in [-0.15, -0.1) is 0 Å². The SMILES string of the molecule is O=C(NC1CCCc2ccccc21)C1CNCCC1c1ccc(COc2ccccc2C(F)(F)F)cc1. The molecule has 3 atom stereocenters. The summed E-state index contributed by atoms with van der Waals surface area (Å²) in [5.41, 5.74) is 3.59. The van der Waals surface area contributed by atoms with E-state index < -0.39 is 11.7 Å². The van der Waals surface area contributed by atoms with Crippen LogP contribution in [0.3, 0.4) is 0 Å². The maximum absolute atomic E-state index is 13.4. The third kappa shape index (κ3) is 5.82. The largest absolute Gasteiger partial charge is 0.488 e. The number of benzene rings is 3. The van der Waals surface area contributed by atoms with Crippen molar-refractivity contribution in [1.82, 2.24) is 10.6 Å². The Kier molecular flexibility index (Phi) is 7.51. The Labute approximate surface area is 215 Å². The average molecular weight is 509 g/mol. The number of alkyl halides is 3. The van der Waals surface area contributed by atoms with Gasteiger partial charge in [0.15, 0.2) is 0 Å². The van der Waals surface area contributed by atoms with E-state index in [1.165, 1.54) is 29.3 Å². The lowest BCUT2D eigenvalue weighted by molar-refractivity contribution is -0.139. The first-order valence-electron chi connectivity index (χ1n) is 12.9. The number of carbonyl (C=O) groups excluding carboxylic acids is 1. The number of para-hydroxylation sites is 1. The first-order valence-corrected chi connectivity index (χ1v) is 12.9.